The Morgan fingerprint density at radius 3 is 2.13 bits per heavy atom. The Labute approximate surface area is 181 Å². The molecule has 0 saturated carbocycles. The third-order valence-electron chi connectivity index (χ3n) is 5.82. The summed E-state index contributed by atoms with van der Waals surface area (Å²) in [5.74, 6) is 1.42. The smallest absolute Gasteiger partial charge is 0.111 e. The zero-order valence-corrected chi connectivity index (χ0v) is 17.0. The topological polar surface area (TPSA) is 43.8 Å². The van der Waals surface area contributed by atoms with Crippen molar-refractivity contribution in [3.8, 4) is 0 Å². The van der Waals surface area contributed by atoms with Gasteiger partial charge in [-0.3, -0.25) is 4.99 Å². The molecule has 0 bridgehead atoms. The molecular formula is C27H21N4-. The fourth-order valence-corrected chi connectivity index (χ4v) is 4.34. The van der Waals surface area contributed by atoms with E-state index in [1.807, 2.05) is 18.2 Å². The number of para-hydroxylation sites is 2. The van der Waals surface area contributed by atoms with Crippen LogP contribution in [-0.4, -0.2) is 16.4 Å². The number of hydrogen-bond acceptors (Lipinski definition) is 2. The van der Waals surface area contributed by atoms with Crippen molar-refractivity contribution in [2.75, 3.05) is 0 Å². The van der Waals surface area contributed by atoms with E-state index in [0.29, 0.717) is 5.96 Å². The standard InChI is InChI=1S/C27H21N4/c1-3-11-19(12-4-1)25-28-26(20-13-5-2-6-14-20)30-27(29-25)31-23-17-9-7-15-21(23)22-16-8-10-18-24(22)31/h1,3-5,7-18,25H,2,6H2/q-1. The van der Waals surface area contributed by atoms with Crippen LogP contribution in [0.3, 0.4) is 0 Å². The van der Waals surface area contributed by atoms with Crippen molar-refractivity contribution in [2.45, 2.75) is 19.0 Å². The van der Waals surface area contributed by atoms with Gasteiger partial charge in [-0.05, 0) is 45.8 Å². The summed E-state index contributed by atoms with van der Waals surface area (Å²) < 4.78 is 2.17. The van der Waals surface area contributed by atoms with Crippen molar-refractivity contribution in [1.82, 2.24) is 4.57 Å². The maximum absolute atomic E-state index is 5.01. The van der Waals surface area contributed by atoms with Gasteiger partial charge in [0, 0.05) is 5.96 Å². The van der Waals surface area contributed by atoms with Crippen LogP contribution < -0.4 is 0 Å². The molecule has 2 heterocycles. The molecule has 1 aliphatic heterocycles. The third kappa shape index (κ3) is 3.08. The van der Waals surface area contributed by atoms with Crippen molar-refractivity contribution in [3.05, 3.63) is 114 Å². The van der Waals surface area contributed by atoms with Crippen LogP contribution in [0.5, 0.6) is 0 Å². The highest BCUT2D eigenvalue weighted by Crippen LogP contribution is 2.34. The van der Waals surface area contributed by atoms with Crippen LogP contribution in [0.4, 0.5) is 0 Å². The number of fused-ring (bicyclic) bond motifs is 3. The Kier molecular flexibility index (Phi) is 4.27. The van der Waals surface area contributed by atoms with E-state index >= 15 is 0 Å². The molecule has 2 aliphatic rings. The molecule has 0 spiro atoms. The van der Waals surface area contributed by atoms with E-state index in [0.717, 1.165) is 40.8 Å². The van der Waals surface area contributed by atoms with Gasteiger partial charge >= 0.3 is 0 Å². The zero-order valence-electron chi connectivity index (χ0n) is 17.0. The van der Waals surface area contributed by atoms with E-state index in [2.05, 4.69) is 83.5 Å². The van der Waals surface area contributed by atoms with E-state index < -0.39 is 0 Å². The first-order valence-electron chi connectivity index (χ1n) is 10.7. The molecule has 4 nitrogen and oxygen atoms in total. The summed E-state index contributed by atoms with van der Waals surface area (Å²) in [6.45, 7) is 0. The summed E-state index contributed by atoms with van der Waals surface area (Å²) in [7, 11) is 0. The largest absolute Gasteiger partial charge is 0.367 e. The Morgan fingerprint density at radius 1 is 0.774 bits per heavy atom. The Morgan fingerprint density at radius 2 is 1.45 bits per heavy atom. The van der Waals surface area contributed by atoms with Crippen molar-refractivity contribution >= 4 is 33.6 Å². The average Bonchev–Trinajstić information content (AvgIpc) is 3.19. The maximum atomic E-state index is 5.01. The highest BCUT2D eigenvalue weighted by molar-refractivity contribution is 6.20. The first kappa shape index (κ1) is 17.9. The monoisotopic (exact) mass is 401 g/mol. The summed E-state index contributed by atoms with van der Waals surface area (Å²) in [5.41, 5.74) is 4.34. The van der Waals surface area contributed by atoms with Gasteiger partial charge in [0.15, 0.2) is 0 Å². The highest BCUT2D eigenvalue weighted by Gasteiger charge is 2.18. The van der Waals surface area contributed by atoms with Crippen LogP contribution in [0.15, 0.2) is 113 Å². The van der Waals surface area contributed by atoms with Gasteiger partial charge in [-0.25, -0.2) is 0 Å². The summed E-state index contributed by atoms with van der Waals surface area (Å²) in [5, 5.41) is 7.42. The molecule has 1 aliphatic carbocycles. The fourth-order valence-electron chi connectivity index (χ4n) is 4.34. The van der Waals surface area contributed by atoms with E-state index in [4.69, 9.17) is 15.3 Å². The second-order valence-electron chi connectivity index (χ2n) is 7.79. The molecule has 1 atom stereocenters. The molecule has 0 amide bonds. The van der Waals surface area contributed by atoms with Gasteiger partial charge < -0.3 is 14.9 Å². The van der Waals surface area contributed by atoms with Gasteiger partial charge in [0.25, 0.3) is 0 Å². The van der Waals surface area contributed by atoms with Crippen molar-refractivity contribution in [1.29, 1.82) is 0 Å². The molecule has 0 fully saturated rings. The summed E-state index contributed by atoms with van der Waals surface area (Å²) in [6, 6.07) is 27.1. The maximum Gasteiger partial charge on any atom is 0.111 e. The molecule has 0 N–H and O–H groups in total. The van der Waals surface area contributed by atoms with Crippen LogP contribution in [0.1, 0.15) is 24.6 Å². The first-order chi connectivity index (χ1) is 15.4. The van der Waals surface area contributed by atoms with Crippen LogP contribution in [0, 0.1) is 0 Å². The second kappa shape index (κ2) is 7.40. The predicted octanol–water partition coefficient (Wildman–Crippen LogP) is 6.76. The number of aliphatic imine (C=N–C) groups is 2. The predicted molar refractivity (Wildman–Crippen MR) is 129 cm³/mol. The fraction of sp³-hybridized carbons (Fsp3) is 0.111. The first-order valence-corrected chi connectivity index (χ1v) is 10.7. The lowest BCUT2D eigenvalue weighted by Gasteiger charge is -2.32. The van der Waals surface area contributed by atoms with E-state index in [9.17, 15) is 0 Å². The molecule has 0 saturated heterocycles. The molecular weight excluding hydrogens is 380 g/mol. The van der Waals surface area contributed by atoms with Crippen LogP contribution in [-0.2, 0) is 0 Å². The Hall–Kier alpha value is -3.92. The SMILES string of the molecule is C1=CC(C2=NC(c3ccccc3)[N-]C(n3c4ccccc4c4ccccc43)=N2)=CCC1. The van der Waals surface area contributed by atoms with Crippen molar-refractivity contribution in [2.24, 2.45) is 9.98 Å². The number of benzene rings is 3. The number of amidine groups is 1. The highest BCUT2D eigenvalue weighted by atomic mass is 15.3. The summed E-state index contributed by atoms with van der Waals surface area (Å²) in [4.78, 5) is 9.89. The summed E-state index contributed by atoms with van der Waals surface area (Å²) in [6.07, 6.45) is 8.30. The molecule has 150 valence electrons. The number of hydrogen-bond donors (Lipinski definition) is 0. The Balaban J connectivity index is 1.57. The third-order valence-corrected chi connectivity index (χ3v) is 5.82. The van der Waals surface area contributed by atoms with Gasteiger partial charge in [-0.1, -0.05) is 97.1 Å². The van der Waals surface area contributed by atoms with Crippen LogP contribution in [0.25, 0.3) is 27.1 Å². The quantitative estimate of drug-likeness (QED) is 0.356. The minimum absolute atomic E-state index is 0.320. The summed E-state index contributed by atoms with van der Waals surface area (Å²) >= 11 is 0. The molecule has 3 aromatic carbocycles. The number of nitrogens with zero attached hydrogens (tertiary/aromatic N) is 4. The van der Waals surface area contributed by atoms with Gasteiger partial charge in [-0.2, -0.15) is 0 Å². The van der Waals surface area contributed by atoms with E-state index in [1.165, 1.54) is 10.8 Å². The number of aromatic nitrogens is 1. The van der Waals surface area contributed by atoms with E-state index in [1.54, 1.807) is 0 Å². The number of allylic oxidation sites excluding steroid dienone is 2. The van der Waals surface area contributed by atoms with Gasteiger partial charge in [-0.15, -0.1) is 0 Å². The van der Waals surface area contributed by atoms with Crippen LogP contribution >= 0.6 is 0 Å². The molecule has 31 heavy (non-hydrogen) atoms. The molecule has 6 rings (SSSR count). The normalized spacial score (nSPS) is 18.5. The zero-order chi connectivity index (χ0) is 20.6. The minimum atomic E-state index is -0.320. The van der Waals surface area contributed by atoms with Crippen molar-refractivity contribution < 1.29 is 0 Å². The molecule has 4 heteroatoms. The molecule has 1 aromatic heterocycles. The van der Waals surface area contributed by atoms with Crippen molar-refractivity contribution in [3.63, 3.8) is 0 Å². The Bertz CT molecular complexity index is 1350. The van der Waals surface area contributed by atoms with Crippen LogP contribution in [0.2, 0.25) is 0 Å². The second-order valence-corrected chi connectivity index (χ2v) is 7.79. The molecule has 4 aromatic rings. The molecule has 1 unspecified atom stereocenters. The van der Waals surface area contributed by atoms with Gasteiger partial charge in [0.05, 0.1) is 5.84 Å². The average molecular weight is 401 g/mol. The minimum Gasteiger partial charge on any atom is -0.367 e. The lowest BCUT2D eigenvalue weighted by atomic mass is 10.1. The van der Waals surface area contributed by atoms with Gasteiger partial charge in [0.2, 0.25) is 0 Å². The lowest BCUT2D eigenvalue weighted by molar-refractivity contribution is 0.866. The van der Waals surface area contributed by atoms with E-state index in [-0.39, 0.29) is 6.17 Å². The molecule has 0 radical (unpaired) electrons. The van der Waals surface area contributed by atoms with Gasteiger partial charge in [0.1, 0.15) is 6.17 Å². The number of rotatable bonds is 2. The lowest BCUT2D eigenvalue weighted by Crippen LogP contribution is -2.21.